The molecule has 7 nitrogen and oxygen atoms in total. The maximum atomic E-state index is 12.8. The van der Waals surface area contributed by atoms with Crippen LogP contribution in [0.3, 0.4) is 0 Å². The average Bonchev–Trinajstić information content (AvgIpc) is 3.38. The van der Waals surface area contributed by atoms with E-state index in [1.807, 2.05) is 30.3 Å². The molecule has 1 saturated carbocycles. The zero-order valence-electron chi connectivity index (χ0n) is 19.3. The van der Waals surface area contributed by atoms with Crippen LogP contribution in [0.2, 0.25) is 5.02 Å². The maximum absolute atomic E-state index is 12.8. The Hall–Kier alpha value is -2.69. The van der Waals surface area contributed by atoms with Crippen molar-refractivity contribution in [1.29, 1.82) is 5.26 Å². The van der Waals surface area contributed by atoms with Crippen molar-refractivity contribution >= 4 is 23.3 Å². The molecule has 1 heterocycles. The quantitative estimate of drug-likeness (QED) is 0.209. The summed E-state index contributed by atoms with van der Waals surface area (Å²) in [6.07, 6.45) is 11.4. The number of hydrazine groups is 1. The van der Waals surface area contributed by atoms with Crippen LogP contribution in [-0.2, 0) is 6.54 Å². The first-order valence-electron chi connectivity index (χ1n) is 11.9. The van der Waals surface area contributed by atoms with Gasteiger partial charge in [0, 0.05) is 24.7 Å². The topological polar surface area (TPSA) is 99.1 Å². The van der Waals surface area contributed by atoms with Crippen LogP contribution in [0.5, 0.6) is 0 Å². The molecule has 0 radical (unpaired) electrons. The summed E-state index contributed by atoms with van der Waals surface area (Å²) >= 11 is 6.40. The number of nitriles is 1. The molecule has 1 fully saturated rings. The van der Waals surface area contributed by atoms with Crippen molar-refractivity contribution in [1.82, 2.24) is 15.0 Å². The van der Waals surface area contributed by atoms with Gasteiger partial charge in [-0.15, -0.1) is 0 Å². The van der Waals surface area contributed by atoms with Crippen molar-refractivity contribution in [3.8, 4) is 6.07 Å². The largest absolute Gasteiger partial charge is 0.351 e. The highest BCUT2D eigenvalue weighted by atomic mass is 35.5. The van der Waals surface area contributed by atoms with Gasteiger partial charge in [0.05, 0.1) is 6.20 Å². The Labute approximate surface area is 201 Å². The minimum atomic E-state index is -0.140. The molecule has 0 aliphatic heterocycles. The SMILES string of the molecule is CCCCCCCN(Cc1ccc(C(=O)N(N)C2CCCC2)cc1)c1nc(C#N)ncc1Cl. The second-order valence-electron chi connectivity index (χ2n) is 8.66. The Kier molecular flexibility index (Phi) is 9.47. The van der Waals surface area contributed by atoms with Gasteiger partial charge < -0.3 is 4.90 Å². The minimum Gasteiger partial charge on any atom is -0.351 e. The zero-order chi connectivity index (χ0) is 23.6. The number of hydrogen-bond acceptors (Lipinski definition) is 6. The van der Waals surface area contributed by atoms with Gasteiger partial charge in [-0.3, -0.25) is 9.80 Å². The highest BCUT2D eigenvalue weighted by Crippen LogP contribution is 2.26. The van der Waals surface area contributed by atoms with Crippen molar-refractivity contribution in [2.75, 3.05) is 11.4 Å². The van der Waals surface area contributed by atoms with Crippen molar-refractivity contribution in [2.45, 2.75) is 77.3 Å². The fourth-order valence-corrected chi connectivity index (χ4v) is 4.48. The van der Waals surface area contributed by atoms with E-state index < -0.39 is 0 Å². The number of amides is 1. The van der Waals surface area contributed by atoms with E-state index in [0.717, 1.165) is 50.6 Å². The van der Waals surface area contributed by atoms with E-state index in [9.17, 15) is 10.1 Å². The van der Waals surface area contributed by atoms with Gasteiger partial charge in [-0.25, -0.2) is 15.8 Å². The Morgan fingerprint density at radius 3 is 2.55 bits per heavy atom. The number of aromatic nitrogens is 2. The van der Waals surface area contributed by atoms with Gasteiger partial charge in [-0.2, -0.15) is 5.26 Å². The molecule has 0 spiro atoms. The van der Waals surface area contributed by atoms with E-state index in [0.29, 0.717) is 22.9 Å². The van der Waals surface area contributed by atoms with Crippen LogP contribution in [0.4, 0.5) is 5.82 Å². The molecule has 3 rings (SSSR count). The average molecular weight is 469 g/mol. The van der Waals surface area contributed by atoms with Gasteiger partial charge in [-0.1, -0.05) is 69.2 Å². The summed E-state index contributed by atoms with van der Waals surface area (Å²) in [6, 6.07) is 9.67. The van der Waals surface area contributed by atoms with Crippen molar-refractivity contribution < 1.29 is 4.79 Å². The lowest BCUT2D eigenvalue weighted by Crippen LogP contribution is -2.44. The van der Waals surface area contributed by atoms with Crippen LogP contribution in [0.1, 0.15) is 86.5 Å². The summed E-state index contributed by atoms with van der Waals surface area (Å²) in [5, 5.41) is 11.0. The highest BCUT2D eigenvalue weighted by molar-refractivity contribution is 6.32. The Morgan fingerprint density at radius 1 is 1.18 bits per heavy atom. The van der Waals surface area contributed by atoms with Crippen LogP contribution in [0.15, 0.2) is 30.5 Å². The summed E-state index contributed by atoms with van der Waals surface area (Å²) in [4.78, 5) is 23.2. The second kappa shape index (κ2) is 12.5. The predicted molar refractivity (Wildman–Crippen MR) is 131 cm³/mol. The number of nitrogens with two attached hydrogens (primary N) is 1. The third kappa shape index (κ3) is 6.89. The van der Waals surface area contributed by atoms with Gasteiger partial charge in [0.25, 0.3) is 5.91 Å². The lowest BCUT2D eigenvalue weighted by atomic mass is 10.1. The summed E-state index contributed by atoms with van der Waals surface area (Å²) in [7, 11) is 0. The zero-order valence-corrected chi connectivity index (χ0v) is 20.1. The third-order valence-electron chi connectivity index (χ3n) is 6.18. The van der Waals surface area contributed by atoms with E-state index >= 15 is 0 Å². The van der Waals surface area contributed by atoms with Crippen LogP contribution < -0.4 is 10.7 Å². The first-order chi connectivity index (χ1) is 16.0. The summed E-state index contributed by atoms with van der Waals surface area (Å²) < 4.78 is 0. The molecule has 0 saturated heterocycles. The van der Waals surface area contributed by atoms with Crippen LogP contribution >= 0.6 is 11.6 Å². The summed E-state index contributed by atoms with van der Waals surface area (Å²) in [5.74, 6) is 6.62. The van der Waals surface area contributed by atoms with Gasteiger partial charge in [0.15, 0.2) is 5.82 Å². The monoisotopic (exact) mass is 468 g/mol. The number of benzene rings is 1. The number of carbonyl (C=O) groups is 1. The highest BCUT2D eigenvalue weighted by Gasteiger charge is 2.25. The van der Waals surface area contributed by atoms with E-state index in [-0.39, 0.29) is 17.8 Å². The molecule has 8 heteroatoms. The third-order valence-corrected chi connectivity index (χ3v) is 6.45. The van der Waals surface area contributed by atoms with Gasteiger partial charge in [0.1, 0.15) is 11.1 Å². The van der Waals surface area contributed by atoms with Gasteiger partial charge in [-0.05, 0) is 37.0 Å². The molecular formula is C25H33ClN6O. The fraction of sp³-hybridized carbons (Fsp3) is 0.520. The number of anilines is 1. The molecule has 0 atom stereocenters. The molecule has 1 amide bonds. The summed E-state index contributed by atoms with van der Waals surface area (Å²) in [6.45, 7) is 3.53. The number of rotatable bonds is 11. The molecular weight excluding hydrogens is 436 g/mol. The molecule has 1 aromatic heterocycles. The predicted octanol–water partition coefficient (Wildman–Crippen LogP) is 5.24. The standard InChI is InChI=1S/C25H33ClN6O/c1-2-3-4-5-8-15-31(24-22(26)17-29-23(16-27)30-24)18-19-11-13-20(14-12-19)25(33)32(28)21-9-6-7-10-21/h11-14,17,21H,2-10,15,18,28H2,1H3. The van der Waals surface area contributed by atoms with E-state index in [2.05, 4.69) is 21.8 Å². The normalized spacial score (nSPS) is 13.6. The fourth-order valence-electron chi connectivity index (χ4n) is 4.27. The molecule has 1 aliphatic rings. The van der Waals surface area contributed by atoms with Crippen molar-refractivity contribution in [2.24, 2.45) is 5.84 Å². The first-order valence-corrected chi connectivity index (χ1v) is 12.3. The van der Waals surface area contributed by atoms with Crippen molar-refractivity contribution in [3.63, 3.8) is 0 Å². The molecule has 176 valence electrons. The molecule has 2 N–H and O–H groups in total. The lowest BCUT2D eigenvalue weighted by molar-refractivity contribution is 0.0681. The molecule has 2 aromatic rings. The first kappa shape index (κ1) is 24.9. The van der Waals surface area contributed by atoms with Gasteiger partial charge >= 0.3 is 0 Å². The number of halogens is 1. The second-order valence-corrected chi connectivity index (χ2v) is 9.07. The Morgan fingerprint density at radius 2 is 1.88 bits per heavy atom. The Bertz CT molecular complexity index is 952. The van der Waals surface area contributed by atoms with Crippen LogP contribution in [0, 0.1) is 11.3 Å². The molecule has 33 heavy (non-hydrogen) atoms. The summed E-state index contributed by atoms with van der Waals surface area (Å²) in [5.41, 5.74) is 1.61. The van der Waals surface area contributed by atoms with Crippen molar-refractivity contribution in [3.05, 3.63) is 52.4 Å². The molecule has 1 aromatic carbocycles. The van der Waals surface area contributed by atoms with Crippen LogP contribution in [0.25, 0.3) is 0 Å². The number of nitrogens with zero attached hydrogens (tertiary/aromatic N) is 5. The lowest BCUT2D eigenvalue weighted by Gasteiger charge is -2.25. The molecule has 0 unspecified atom stereocenters. The molecule has 1 aliphatic carbocycles. The number of hydrogen-bond donors (Lipinski definition) is 1. The van der Waals surface area contributed by atoms with Gasteiger partial charge in [0.2, 0.25) is 5.82 Å². The maximum Gasteiger partial charge on any atom is 0.268 e. The number of unbranched alkanes of at least 4 members (excludes halogenated alkanes) is 4. The smallest absolute Gasteiger partial charge is 0.268 e. The van der Waals surface area contributed by atoms with E-state index in [1.54, 1.807) is 0 Å². The minimum absolute atomic E-state index is 0.0984. The number of carbonyl (C=O) groups excluding carboxylic acids is 1. The van der Waals surface area contributed by atoms with E-state index in [4.69, 9.17) is 17.4 Å². The molecule has 0 bridgehead atoms. The van der Waals surface area contributed by atoms with Crippen LogP contribution in [-0.4, -0.2) is 33.5 Å². The Balaban J connectivity index is 1.72. The van der Waals surface area contributed by atoms with E-state index in [1.165, 1.54) is 30.5 Å².